The monoisotopic (exact) mass is 315 g/mol. The minimum absolute atomic E-state index is 0.0852. The minimum Gasteiger partial charge on any atom is -0.353 e. The number of rotatable bonds is 6. The first-order chi connectivity index (χ1) is 11.1. The highest BCUT2D eigenvalue weighted by atomic mass is 16.2. The van der Waals surface area contributed by atoms with Gasteiger partial charge in [-0.2, -0.15) is 0 Å². The second kappa shape index (κ2) is 7.45. The summed E-state index contributed by atoms with van der Waals surface area (Å²) in [6.07, 6.45) is 4.94. The van der Waals surface area contributed by atoms with E-state index in [0.29, 0.717) is 6.04 Å². The molecule has 1 amide bonds. The molecule has 1 saturated carbocycles. The van der Waals surface area contributed by atoms with Crippen molar-refractivity contribution in [3.05, 3.63) is 35.9 Å². The summed E-state index contributed by atoms with van der Waals surface area (Å²) >= 11 is 0. The third kappa shape index (κ3) is 4.55. The van der Waals surface area contributed by atoms with Crippen LogP contribution in [0.3, 0.4) is 0 Å². The number of carbonyl (C=O) groups excluding carboxylic acids is 1. The average Bonchev–Trinajstić information content (AvgIpc) is 3.40. The molecule has 0 aromatic heterocycles. The fraction of sp³-hybridized carbons (Fsp3) is 0.632. The van der Waals surface area contributed by atoms with Gasteiger partial charge in [0.05, 0.1) is 5.92 Å². The van der Waals surface area contributed by atoms with Crippen LogP contribution in [0.1, 0.15) is 44.2 Å². The van der Waals surface area contributed by atoms with Gasteiger partial charge in [-0.25, -0.2) is 0 Å². The van der Waals surface area contributed by atoms with E-state index in [-0.39, 0.29) is 17.9 Å². The van der Waals surface area contributed by atoms with Crippen molar-refractivity contribution in [2.75, 3.05) is 19.6 Å². The molecule has 1 aromatic rings. The predicted octanol–water partition coefficient (Wildman–Crippen LogP) is 2.31. The summed E-state index contributed by atoms with van der Waals surface area (Å²) in [4.78, 5) is 15.0. The molecule has 0 spiro atoms. The van der Waals surface area contributed by atoms with Crippen molar-refractivity contribution < 1.29 is 4.79 Å². The smallest absolute Gasteiger partial charge is 0.224 e. The largest absolute Gasteiger partial charge is 0.353 e. The van der Waals surface area contributed by atoms with Crippen molar-refractivity contribution in [2.24, 2.45) is 17.6 Å². The van der Waals surface area contributed by atoms with E-state index in [4.69, 9.17) is 5.73 Å². The number of amides is 1. The molecule has 1 saturated heterocycles. The summed E-state index contributed by atoms with van der Waals surface area (Å²) in [5.41, 5.74) is 7.28. The van der Waals surface area contributed by atoms with Crippen molar-refractivity contribution in [2.45, 2.75) is 44.7 Å². The van der Waals surface area contributed by atoms with Gasteiger partial charge < -0.3 is 16.0 Å². The van der Waals surface area contributed by atoms with Crippen LogP contribution in [-0.2, 0) is 4.79 Å². The van der Waals surface area contributed by atoms with Crippen LogP contribution in [0.2, 0.25) is 0 Å². The van der Waals surface area contributed by atoms with Crippen molar-refractivity contribution in [1.82, 2.24) is 10.2 Å². The molecule has 23 heavy (non-hydrogen) atoms. The van der Waals surface area contributed by atoms with E-state index in [9.17, 15) is 4.79 Å². The molecule has 1 aliphatic carbocycles. The number of hydrogen-bond acceptors (Lipinski definition) is 3. The van der Waals surface area contributed by atoms with Crippen molar-refractivity contribution >= 4 is 5.91 Å². The summed E-state index contributed by atoms with van der Waals surface area (Å²) < 4.78 is 0. The van der Waals surface area contributed by atoms with E-state index in [2.05, 4.69) is 10.2 Å². The lowest BCUT2D eigenvalue weighted by Gasteiger charge is -2.33. The number of carbonyl (C=O) groups is 1. The van der Waals surface area contributed by atoms with Gasteiger partial charge in [-0.3, -0.25) is 4.79 Å². The highest BCUT2D eigenvalue weighted by Gasteiger charge is 2.29. The van der Waals surface area contributed by atoms with Crippen molar-refractivity contribution in [1.29, 1.82) is 0 Å². The Labute approximate surface area is 139 Å². The first-order valence-electron chi connectivity index (χ1n) is 8.96. The van der Waals surface area contributed by atoms with E-state index in [1.165, 1.54) is 19.4 Å². The SMILES string of the molecule is CC(C(=O)NC1CCN(CC2CC2)CC1)C(N)c1ccccc1. The minimum atomic E-state index is -0.244. The molecule has 1 aromatic carbocycles. The lowest BCUT2D eigenvalue weighted by atomic mass is 9.94. The van der Waals surface area contributed by atoms with Gasteiger partial charge in [0.2, 0.25) is 5.91 Å². The van der Waals surface area contributed by atoms with Gasteiger partial charge in [-0.15, -0.1) is 0 Å². The van der Waals surface area contributed by atoms with Gasteiger partial charge in [0.25, 0.3) is 0 Å². The van der Waals surface area contributed by atoms with E-state index < -0.39 is 0 Å². The Hall–Kier alpha value is -1.39. The number of likely N-dealkylation sites (tertiary alicyclic amines) is 1. The van der Waals surface area contributed by atoms with Crippen LogP contribution in [0.25, 0.3) is 0 Å². The maximum absolute atomic E-state index is 12.5. The molecular formula is C19H29N3O. The number of nitrogens with one attached hydrogen (secondary N) is 1. The summed E-state index contributed by atoms with van der Waals surface area (Å²) in [5, 5.41) is 3.21. The molecule has 0 radical (unpaired) electrons. The molecule has 2 atom stereocenters. The van der Waals surface area contributed by atoms with Gasteiger partial charge in [-0.05, 0) is 37.2 Å². The van der Waals surface area contributed by atoms with E-state index in [0.717, 1.165) is 37.4 Å². The lowest BCUT2D eigenvalue weighted by Crippen LogP contribution is -2.47. The fourth-order valence-corrected chi connectivity index (χ4v) is 3.39. The third-order valence-corrected chi connectivity index (χ3v) is 5.28. The van der Waals surface area contributed by atoms with Gasteiger partial charge in [0.1, 0.15) is 0 Å². The number of nitrogens with zero attached hydrogens (tertiary/aromatic N) is 1. The lowest BCUT2D eigenvalue weighted by molar-refractivity contribution is -0.126. The van der Waals surface area contributed by atoms with Gasteiger partial charge >= 0.3 is 0 Å². The number of nitrogens with two attached hydrogens (primary N) is 1. The van der Waals surface area contributed by atoms with Gasteiger partial charge in [0.15, 0.2) is 0 Å². The van der Waals surface area contributed by atoms with Crippen LogP contribution in [0, 0.1) is 11.8 Å². The zero-order valence-electron chi connectivity index (χ0n) is 14.1. The number of piperidine rings is 1. The Morgan fingerprint density at radius 1 is 1.22 bits per heavy atom. The van der Waals surface area contributed by atoms with Crippen LogP contribution in [0.4, 0.5) is 0 Å². The maximum atomic E-state index is 12.5. The van der Waals surface area contributed by atoms with Crippen LogP contribution < -0.4 is 11.1 Å². The summed E-state index contributed by atoms with van der Waals surface area (Å²) in [5.74, 6) is 0.828. The zero-order chi connectivity index (χ0) is 16.2. The first-order valence-corrected chi connectivity index (χ1v) is 8.96. The summed E-state index contributed by atoms with van der Waals surface area (Å²) in [6, 6.07) is 9.95. The molecule has 1 aliphatic heterocycles. The van der Waals surface area contributed by atoms with Crippen LogP contribution in [-0.4, -0.2) is 36.5 Å². The second-order valence-corrected chi connectivity index (χ2v) is 7.25. The van der Waals surface area contributed by atoms with E-state index in [1.807, 2.05) is 37.3 Å². The summed E-state index contributed by atoms with van der Waals surface area (Å²) in [7, 11) is 0. The molecule has 1 heterocycles. The summed E-state index contributed by atoms with van der Waals surface area (Å²) in [6.45, 7) is 5.41. The Kier molecular flexibility index (Phi) is 5.34. The molecule has 2 aliphatic rings. The Morgan fingerprint density at radius 2 is 1.87 bits per heavy atom. The molecule has 2 unspecified atom stereocenters. The van der Waals surface area contributed by atoms with E-state index >= 15 is 0 Å². The Morgan fingerprint density at radius 3 is 2.48 bits per heavy atom. The topological polar surface area (TPSA) is 58.4 Å². The van der Waals surface area contributed by atoms with E-state index in [1.54, 1.807) is 0 Å². The molecular weight excluding hydrogens is 286 g/mol. The number of hydrogen-bond donors (Lipinski definition) is 2. The van der Waals surface area contributed by atoms with Crippen molar-refractivity contribution in [3.8, 4) is 0 Å². The zero-order valence-corrected chi connectivity index (χ0v) is 14.1. The molecule has 3 rings (SSSR count). The molecule has 4 nitrogen and oxygen atoms in total. The standard InChI is InChI=1S/C19H29N3O/c1-14(18(20)16-5-3-2-4-6-16)19(23)21-17-9-11-22(12-10-17)13-15-7-8-15/h2-6,14-15,17-18H,7-13,20H2,1H3,(H,21,23). The van der Waals surface area contributed by atoms with Crippen LogP contribution >= 0.6 is 0 Å². The average molecular weight is 315 g/mol. The van der Waals surface area contributed by atoms with Gasteiger partial charge in [0, 0.05) is 31.7 Å². The number of benzene rings is 1. The van der Waals surface area contributed by atoms with Crippen LogP contribution in [0.15, 0.2) is 30.3 Å². The highest BCUT2D eigenvalue weighted by molar-refractivity contribution is 5.79. The predicted molar refractivity (Wildman–Crippen MR) is 92.9 cm³/mol. The quantitative estimate of drug-likeness (QED) is 0.847. The normalized spacial score (nSPS) is 22.5. The van der Waals surface area contributed by atoms with Crippen LogP contribution in [0.5, 0.6) is 0 Å². The molecule has 4 heteroatoms. The molecule has 126 valence electrons. The third-order valence-electron chi connectivity index (χ3n) is 5.28. The molecule has 2 fully saturated rings. The molecule has 3 N–H and O–H groups in total. The Bertz CT molecular complexity index is 507. The highest BCUT2D eigenvalue weighted by Crippen LogP contribution is 2.30. The van der Waals surface area contributed by atoms with Crippen molar-refractivity contribution in [3.63, 3.8) is 0 Å². The molecule has 0 bridgehead atoms. The fourth-order valence-electron chi connectivity index (χ4n) is 3.39. The Balaban J connectivity index is 1.45. The first kappa shape index (κ1) is 16.5. The second-order valence-electron chi connectivity index (χ2n) is 7.25. The maximum Gasteiger partial charge on any atom is 0.224 e. The van der Waals surface area contributed by atoms with Gasteiger partial charge in [-0.1, -0.05) is 37.3 Å².